The molecule has 186 valence electrons. The molecule has 4 rings (SSSR count). The Morgan fingerprint density at radius 2 is 1.78 bits per heavy atom. The summed E-state index contributed by atoms with van der Waals surface area (Å²) in [7, 11) is 6.00. The molecule has 0 fully saturated rings. The van der Waals surface area contributed by atoms with Gasteiger partial charge in [-0.05, 0) is 80.7 Å². The van der Waals surface area contributed by atoms with E-state index in [-0.39, 0.29) is 11.5 Å². The van der Waals surface area contributed by atoms with Gasteiger partial charge in [-0.25, -0.2) is 14.4 Å². The third-order valence-electron chi connectivity index (χ3n) is 5.86. The largest absolute Gasteiger partial charge is 0.373 e. The van der Waals surface area contributed by atoms with E-state index < -0.39 is 11.7 Å². The number of fused-ring (bicyclic) bond motifs is 1. The van der Waals surface area contributed by atoms with Gasteiger partial charge in [0.2, 0.25) is 5.95 Å². The number of halogens is 2. The summed E-state index contributed by atoms with van der Waals surface area (Å²) in [6.07, 6.45) is 2.58. The van der Waals surface area contributed by atoms with Crippen molar-refractivity contribution >= 4 is 45.7 Å². The number of carbonyl (C=O) groups excluding carboxylic acids is 1. The fourth-order valence-electron chi connectivity index (χ4n) is 3.98. The number of nitrogens with zero attached hydrogens (tertiary/aromatic N) is 4. The molecule has 1 heterocycles. The summed E-state index contributed by atoms with van der Waals surface area (Å²) in [5, 5.41) is 4.12. The van der Waals surface area contributed by atoms with Gasteiger partial charge in [-0.2, -0.15) is 0 Å². The molecule has 0 saturated heterocycles. The fourth-order valence-corrected chi connectivity index (χ4v) is 4.15. The smallest absolute Gasteiger partial charge is 0.258 e. The average Bonchev–Trinajstić information content (AvgIpc) is 2.83. The number of amides is 1. The summed E-state index contributed by atoms with van der Waals surface area (Å²) in [5.74, 6) is -0.979. The van der Waals surface area contributed by atoms with Gasteiger partial charge in [0.1, 0.15) is 5.82 Å². The first-order valence-electron chi connectivity index (χ1n) is 11.5. The molecule has 0 bridgehead atoms. The molecule has 7 nitrogen and oxygen atoms in total. The van der Waals surface area contributed by atoms with Gasteiger partial charge in [-0.1, -0.05) is 23.7 Å². The number of benzene rings is 3. The van der Waals surface area contributed by atoms with Crippen LogP contribution in [-0.4, -0.2) is 55.0 Å². The molecule has 9 heteroatoms. The highest BCUT2D eigenvalue weighted by molar-refractivity contribution is 6.31. The number of rotatable bonds is 8. The number of hydrogen-bond acceptors (Lipinski definition) is 6. The Morgan fingerprint density at radius 1 is 1.03 bits per heavy atom. The number of nitrogens with one attached hydrogen (secondary N) is 1. The Kier molecular flexibility index (Phi) is 7.67. The quantitative estimate of drug-likeness (QED) is 0.336. The van der Waals surface area contributed by atoms with E-state index in [2.05, 4.69) is 20.2 Å². The molecule has 0 unspecified atom stereocenters. The van der Waals surface area contributed by atoms with Gasteiger partial charge in [0.05, 0.1) is 22.5 Å². The number of carbonyl (C=O) groups is 1. The molecule has 0 saturated carbocycles. The molecule has 0 aliphatic heterocycles. The van der Waals surface area contributed by atoms with Gasteiger partial charge in [0, 0.05) is 30.2 Å². The van der Waals surface area contributed by atoms with Crippen molar-refractivity contribution in [1.29, 1.82) is 0 Å². The lowest BCUT2D eigenvalue weighted by molar-refractivity contribution is 0.102. The van der Waals surface area contributed by atoms with Crippen molar-refractivity contribution in [2.24, 2.45) is 0 Å². The van der Waals surface area contributed by atoms with E-state index in [1.54, 1.807) is 24.4 Å². The predicted molar refractivity (Wildman–Crippen MR) is 145 cm³/mol. The van der Waals surface area contributed by atoms with Gasteiger partial charge in [0.15, 0.2) is 0 Å². The van der Waals surface area contributed by atoms with Crippen molar-refractivity contribution in [3.05, 3.63) is 77.2 Å². The van der Waals surface area contributed by atoms with Crippen molar-refractivity contribution in [2.75, 3.05) is 50.2 Å². The monoisotopic (exact) mass is 506 g/mol. The molecule has 0 radical (unpaired) electrons. The van der Waals surface area contributed by atoms with Crippen LogP contribution in [0.3, 0.4) is 0 Å². The Labute approximate surface area is 214 Å². The molecule has 0 aliphatic carbocycles. The second kappa shape index (κ2) is 10.9. The van der Waals surface area contributed by atoms with Crippen molar-refractivity contribution in [3.8, 4) is 11.1 Å². The summed E-state index contributed by atoms with van der Waals surface area (Å²) in [5.41, 5.74) is 9.10. The van der Waals surface area contributed by atoms with E-state index in [1.807, 2.05) is 50.3 Å². The number of nitrogen functional groups attached to an aromatic ring is 1. The lowest BCUT2D eigenvalue weighted by Crippen LogP contribution is -2.25. The van der Waals surface area contributed by atoms with Crippen LogP contribution in [0.1, 0.15) is 16.8 Å². The predicted octanol–water partition coefficient (Wildman–Crippen LogP) is 5.31. The Hall–Kier alpha value is -3.75. The van der Waals surface area contributed by atoms with E-state index in [9.17, 15) is 9.18 Å². The van der Waals surface area contributed by atoms with Crippen LogP contribution in [0.25, 0.3) is 22.0 Å². The molecule has 1 aromatic heterocycles. The van der Waals surface area contributed by atoms with Gasteiger partial charge < -0.3 is 20.9 Å². The minimum atomic E-state index is -0.615. The normalized spacial score (nSPS) is 11.2. The SMILES string of the molecule is CN(C)CCCN(C)c1ccc(Cl)cc1NC(=O)c1cc(-c2ccc3nc(N)ncc3c2)ccc1F. The lowest BCUT2D eigenvalue weighted by atomic mass is 10.0. The number of nitrogens with two attached hydrogens (primary N) is 1. The average molecular weight is 507 g/mol. The van der Waals surface area contributed by atoms with Crippen molar-refractivity contribution < 1.29 is 9.18 Å². The van der Waals surface area contributed by atoms with Crippen LogP contribution in [0.5, 0.6) is 0 Å². The molecule has 3 N–H and O–H groups in total. The molecule has 3 aromatic carbocycles. The van der Waals surface area contributed by atoms with Gasteiger partial charge in [-0.3, -0.25) is 4.79 Å². The maximum atomic E-state index is 14.8. The first-order chi connectivity index (χ1) is 17.2. The first kappa shape index (κ1) is 25.3. The van der Waals surface area contributed by atoms with Gasteiger partial charge in [-0.15, -0.1) is 0 Å². The molecular weight excluding hydrogens is 479 g/mol. The third kappa shape index (κ3) is 5.90. The Morgan fingerprint density at radius 3 is 2.56 bits per heavy atom. The fraction of sp³-hybridized carbons (Fsp3) is 0.222. The second-order valence-corrected chi connectivity index (χ2v) is 9.33. The van der Waals surface area contributed by atoms with Gasteiger partial charge in [0.25, 0.3) is 5.91 Å². The number of anilines is 3. The highest BCUT2D eigenvalue weighted by Gasteiger charge is 2.17. The third-order valence-corrected chi connectivity index (χ3v) is 6.09. The highest BCUT2D eigenvalue weighted by Crippen LogP contribution is 2.30. The van der Waals surface area contributed by atoms with E-state index in [1.165, 1.54) is 12.1 Å². The molecule has 1 amide bonds. The summed E-state index contributed by atoms with van der Waals surface area (Å²) < 4.78 is 14.8. The van der Waals surface area contributed by atoms with E-state index in [4.69, 9.17) is 17.3 Å². The number of hydrogen-bond donors (Lipinski definition) is 2. The van der Waals surface area contributed by atoms with Crippen molar-refractivity contribution in [1.82, 2.24) is 14.9 Å². The zero-order chi connectivity index (χ0) is 25.8. The molecule has 0 atom stereocenters. The van der Waals surface area contributed by atoms with Crippen LogP contribution < -0.4 is 16.0 Å². The zero-order valence-corrected chi connectivity index (χ0v) is 21.2. The van der Waals surface area contributed by atoms with Crippen LogP contribution in [0.4, 0.5) is 21.7 Å². The summed E-state index contributed by atoms with van der Waals surface area (Å²) in [6, 6.07) is 15.3. The second-order valence-electron chi connectivity index (χ2n) is 8.89. The van der Waals surface area contributed by atoms with Gasteiger partial charge >= 0.3 is 0 Å². The van der Waals surface area contributed by atoms with Crippen LogP contribution in [0, 0.1) is 5.82 Å². The van der Waals surface area contributed by atoms with E-state index >= 15 is 0 Å². The van der Waals surface area contributed by atoms with Crippen LogP contribution >= 0.6 is 11.6 Å². The summed E-state index contributed by atoms with van der Waals surface area (Å²) in [4.78, 5) is 25.6. The summed E-state index contributed by atoms with van der Waals surface area (Å²) >= 11 is 6.22. The minimum Gasteiger partial charge on any atom is -0.373 e. The highest BCUT2D eigenvalue weighted by atomic mass is 35.5. The molecule has 36 heavy (non-hydrogen) atoms. The lowest BCUT2D eigenvalue weighted by Gasteiger charge is -2.24. The van der Waals surface area contributed by atoms with Crippen LogP contribution in [0.2, 0.25) is 5.02 Å². The Balaban J connectivity index is 1.60. The number of aromatic nitrogens is 2. The topological polar surface area (TPSA) is 87.4 Å². The standard InChI is InChI=1S/C27H28ClFN6O/c1-34(2)11-4-12-35(3)25-10-7-20(28)15-24(25)32-26(36)21-14-18(5-8-22(21)29)17-6-9-23-19(13-17)16-31-27(30)33-23/h5-10,13-16H,4,11-12H2,1-3H3,(H,32,36)(H2,30,31,33). The van der Waals surface area contributed by atoms with Crippen molar-refractivity contribution in [2.45, 2.75) is 6.42 Å². The van der Waals surface area contributed by atoms with E-state index in [0.29, 0.717) is 21.8 Å². The molecule has 0 aliphatic rings. The summed E-state index contributed by atoms with van der Waals surface area (Å²) in [6.45, 7) is 1.72. The molecule has 4 aromatic rings. The minimum absolute atomic E-state index is 0.0673. The Bertz CT molecular complexity index is 1410. The van der Waals surface area contributed by atoms with E-state index in [0.717, 1.165) is 36.1 Å². The molecular formula is C27H28ClFN6O. The van der Waals surface area contributed by atoms with Crippen LogP contribution in [-0.2, 0) is 0 Å². The van der Waals surface area contributed by atoms with Crippen molar-refractivity contribution in [3.63, 3.8) is 0 Å². The maximum absolute atomic E-state index is 14.8. The van der Waals surface area contributed by atoms with Crippen LogP contribution in [0.15, 0.2) is 60.8 Å². The zero-order valence-electron chi connectivity index (χ0n) is 20.4. The first-order valence-corrected chi connectivity index (χ1v) is 11.9. The maximum Gasteiger partial charge on any atom is 0.258 e. The molecule has 0 spiro atoms.